The lowest BCUT2D eigenvalue weighted by Crippen LogP contribution is -2.46. The van der Waals surface area contributed by atoms with E-state index in [-0.39, 0.29) is 0 Å². The smallest absolute Gasteiger partial charge is 0.191 e. The Labute approximate surface area is 110 Å². The van der Waals surface area contributed by atoms with Crippen LogP contribution in [0.4, 0.5) is 0 Å². The Kier molecular flexibility index (Phi) is 4.20. The second kappa shape index (κ2) is 5.87. The summed E-state index contributed by atoms with van der Waals surface area (Å²) in [4.78, 5) is 6.39. The number of nitrogens with two attached hydrogens (primary N) is 1. The van der Waals surface area contributed by atoms with E-state index in [1.54, 1.807) is 0 Å². The van der Waals surface area contributed by atoms with E-state index in [2.05, 4.69) is 44.0 Å². The molecule has 17 heavy (non-hydrogen) atoms. The van der Waals surface area contributed by atoms with Crippen molar-refractivity contribution in [3.8, 4) is 0 Å². The molecule has 0 unspecified atom stereocenters. The molecule has 1 aliphatic heterocycles. The van der Waals surface area contributed by atoms with E-state index in [0.717, 1.165) is 17.6 Å². The van der Waals surface area contributed by atoms with Gasteiger partial charge in [0.05, 0.1) is 6.54 Å². The van der Waals surface area contributed by atoms with Crippen LogP contribution in [0.25, 0.3) is 6.08 Å². The Bertz CT molecular complexity index is 419. The maximum absolute atomic E-state index is 5.81. The average Bonchev–Trinajstić information content (AvgIpc) is 2.24. The van der Waals surface area contributed by atoms with Gasteiger partial charge < -0.3 is 10.6 Å². The van der Waals surface area contributed by atoms with Crippen molar-refractivity contribution in [2.24, 2.45) is 10.7 Å². The molecule has 1 aromatic rings. The molecule has 1 saturated heterocycles. The molecule has 1 heterocycles. The fourth-order valence-corrected chi connectivity index (χ4v) is 1.82. The van der Waals surface area contributed by atoms with Crippen molar-refractivity contribution < 1.29 is 0 Å². The first kappa shape index (κ1) is 12.2. The third-order valence-electron chi connectivity index (χ3n) is 2.72. The maximum Gasteiger partial charge on any atom is 0.191 e. The Morgan fingerprint density at radius 3 is 2.65 bits per heavy atom. The lowest BCUT2D eigenvalue weighted by atomic mass is 10.2. The molecule has 3 nitrogen and oxygen atoms in total. The SMILES string of the molecule is NC(=NC/C=C/c1ccc(Br)cc1)N1CCC1. The molecule has 2 rings (SSSR count). The van der Waals surface area contributed by atoms with Crippen molar-refractivity contribution in [2.45, 2.75) is 6.42 Å². The summed E-state index contributed by atoms with van der Waals surface area (Å²) in [6.45, 7) is 2.73. The number of rotatable bonds is 3. The highest BCUT2D eigenvalue weighted by Gasteiger charge is 2.14. The predicted molar refractivity (Wildman–Crippen MR) is 75.9 cm³/mol. The second-order valence-corrected chi connectivity index (χ2v) is 4.91. The van der Waals surface area contributed by atoms with Gasteiger partial charge in [-0.1, -0.05) is 40.2 Å². The van der Waals surface area contributed by atoms with E-state index in [1.165, 1.54) is 12.0 Å². The van der Waals surface area contributed by atoms with Gasteiger partial charge in [-0.25, -0.2) is 4.99 Å². The molecule has 0 bridgehead atoms. The van der Waals surface area contributed by atoms with Crippen molar-refractivity contribution in [1.29, 1.82) is 0 Å². The number of hydrogen-bond acceptors (Lipinski definition) is 1. The lowest BCUT2D eigenvalue weighted by molar-refractivity contribution is 0.296. The second-order valence-electron chi connectivity index (χ2n) is 3.99. The Hall–Kier alpha value is -1.29. The molecule has 0 atom stereocenters. The van der Waals surface area contributed by atoms with Crippen LogP contribution in [-0.4, -0.2) is 30.5 Å². The minimum Gasteiger partial charge on any atom is -0.370 e. The van der Waals surface area contributed by atoms with Crippen molar-refractivity contribution in [3.05, 3.63) is 40.4 Å². The standard InChI is InChI=1S/C13H16BrN3/c14-12-6-4-11(5-7-12)3-1-8-16-13(15)17-9-2-10-17/h1,3-7H,2,8-10H2,(H2,15,16)/b3-1+. The fourth-order valence-electron chi connectivity index (χ4n) is 1.55. The molecule has 4 heteroatoms. The zero-order valence-electron chi connectivity index (χ0n) is 9.64. The van der Waals surface area contributed by atoms with E-state index in [9.17, 15) is 0 Å². The van der Waals surface area contributed by atoms with Crippen LogP contribution in [0.5, 0.6) is 0 Å². The van der Waals surface area contributed by atoms with Gasteiger partial charge >= 0.3 is 0 Å². The molecule has 0 aliphatic carbocycles. The maximum atomic E-state index is 5.81. The zero-order valence-corrected chi connectivity index (χ0v) is 11.2. The Morgan fingerprint density at radius 2 is 2.06 bits per heavy atom. The van der Waals surface area contributed by atoms with Crippen LogP contribution in [-0.2, 0) is 0 Å². The molecule has 0 radical (unpaired) electrons. The van der Waals surface area contributed by atoms with Crippen LogP contribution in [0.2, 0.25) is 0 Å². The number of hydrogen-bond donors (Lipinski definition) is 1. The molecule has 2 N–H and O–H groups in total. The molecular formula is C13H16BrN3. The fraction of sp³-hybridized carbons (Fsp3) is 0.308. The number of guanidine groups is 1. The molecule has 1 aliphatic rings. The first-order valence-electron chi connectivity index (χ1n) is 5.73. The quantitative estimate of drug-likeness (QED) is 0.687. The van der Waals surface area contributed by atoms with E-state index in [0.29, 0.717) is 12.5 Å². The summed E-state index contributed by atoms with van der Waals surface area (Å²) in [5, 5.41) is 0. The Balaban J connectivity index is 1.83. The summed E-state index contributed by atoms with van der Waals surface area (Å²) in [6.07, 6.45) is 5.31. The summed E-state index contributed by atoms with van der Waals surface area (Å²) < 4.78 is 1.09. The number of benzene rings is 1. The number of halogens is 1. The highest BCUT2D eigenvalue weighted by atomic mass is 79.9. The molecule has 0 aromatic heterocycles. The zero-order chi connectivity index (χ0) is 12.1. The van der Waals surface area contributed by atoms with E-state index in [1.807, 2.05) is 18.2 Å². The minimum absolute atomic E-state index is 0.637. The topological polar surface area (TPSA) is 41.6 Å². The van der Waals surface area contributed by atoms with Crippen molar-refractivity contribution in [3.63, 3.8) is 0 Å². The molecule has 0 saturated carbocycles. The molecule has 90 valence electrons. The summed E-state index contributed by atoms with van der Waals surface area (Å²) in [5.74, 6) is 0.664. The predicted octanol–water partition coefficient (Wildman–Crippen LogP) is 2.48. The minimum atomic E-state index is 0.637. The van der Waals surface area contributed by atoms with Gasteiger partial charge in [-0.15, -0.1) is 0 Å². The summed E-state index contributed by atoms with van der Waals surface area (Å²) >= 11 is 3.41. The van der Waals surface area contributed by atoms with E-state index >= 15 is 0 Å². The van der Waals surface area contributed by atoms with Crippen LogP contribution in [0, 0.1) is 0 Å². The third-order valence-corrected chi connectivity index (χ3v) is 3.25. The van der Waals surface area contributed by atoms with Gasteiger partial charge in [-0.05, 0) is 24.1 Å². The number of likely N-dealkylation sites (tertiary alicyclic amines) is 1. The summed E-state index contributed by atoms with van der Waals surface area (Å²) in [6, 6.07) is 8.17. The molecule has 1 fully saturated rings. The van der Waals surface area contributed by atoms with Crippen LogP contribution >= 0.6 is 15.9 Å². The van der Waals surface area contributed by atoms with Gasteiger partial charge in [-0.2, -0.15) is 0 Å². The van der Waals surface area contributed by atoms with Gasteiger partial charge in [0.25, 0.3) is 0 Å². The van der Waals surface area contributed by atoms with Gasteiger partial charge in [0.2, 0.25) is 0 Å². The van der Waals surface area contributed by atoms with Crippen molar-refractivity contribution in [2.75, 3.05) is 19.6 Å². The lowest BCUT2D eigenvalue weighted by Gasteiger charge is -2.31. The molecule has 1 aromatic carbocycles. The largest absolute Gasteiger partial charge is 0.370 e. The first-order valence-corrected chi connectivity index (χ1v) is 6.52. The Morgan fingerprint density at radius 1 is 1.35 bits per heavy atom. The van der Waals surface area contributed by atoms with Crippen molar-refractivity contribution >= 4 is 28.0 Å². The van der Waals surface area contributed by atoms with Gasteiger partial charge in [0, 0.05) is 17.6 Å². The average molecular weight is 294 g/mol. The first-order chi connectivity index (χ1) is 8.25. The highest BCUT2D eigenvalue weighted by Crippen LogP contribution is 2.11. The van der Waals surface area contributed by atoms with Crippen LogP contribution in [0.1, 0.15) is 12.0 Å². The van der Waals surface area contributed by atoms with E-state index in [4.69, 9.17) is 5.73 Å². The number of nitrogens with zero attached hydrogens (tertiary/aromatic N) is 2. The molecular weight excluding hydrogens is 278 g/mol. The van der Waals surface area contributed by atoms with Gasteiger partial charge in [-0.3, -0.25) is 0 Å². The van der Waals surface area contributed by atoms with Crippen LogP contribution < -0.4 is 5.73 Å². The molecule has 0 amide bonds. The van der Waals surface area contributed by atoms with Gasteiger partial charge in [0.15, 0.2) is 5.96 Å². The summed E-state index contributed by atoms with van der Waals surface area (Å²) in [7, 11) is 0. The third kappa shape index (κ3) is 3.60. The van der Waals surface area contributed by atoms with E-state index < -0.39 is 0 Å². The van der Waals surface area contributed by atoms with Crippen molar-refractivity contribution in [1.82, 2.24) is 4.90 Å². The van der Waals surface area contributed by atoms with Crippen LogP contribution in [0.15, 0.2) is 39.8 Å². The highest BCUT2D eigenvalue weighted by molar-refractivity contribution is 9.10. The number of aliphatic imine (C=N–C) groups is 1. The van der Waals surface area contributed by atoms with Gasteiger partial charge in [0.1, 0.15) is 0 Å². The summed E-state index contributed by atoms with van der Waals surface area (Å²) in [5.41, 5.74) is 6.99. The van der Waals surface area contributed by atoms with Crippen LogP contribution in [0.3, 0.4) is 0 Å². The monoisotopic (exact) mass is 293 g/mol. The molecule has 0 spiro atoms. The normalized spacial score (nSPS) is 16.3.